The van der Waals surface area contributed by atoms with E-state index in [1.54, 1.807) is 6.07 Å². The van der Waals surface area contributed by atoms with Gasteiger partial charge >= 0.3 is 0 Å². The summed E-state index contributed by atoms with van der Waals surface area (Å²) in [5.41, 5.74) is 1.74. The van der Waals surface area contributed by atoms with Crippen molar-refractivity contribution in [2.75, 3.05) is 17.8 Å². The van der Waals surface area contributed by atoms with Gasteiger partial charge in [0.2, 0.25) is 0 Å². The van der Waals surface area contributed by atoms with Gasteiger partial charge in [0.15, 0.2) is 0 Å². The molecule has 1 heterocycles. The first-order valence-corrected chi connectivity index (χ1v) is 11.8. The molecule has 8 heteroatoms. The Labute approximate surface area is 187 Å². The highest BCUT2D eigenvalue weighted by molar-refractivity contribution is 7.92. The zero-order chi connectivity index (χ0) is 22.6. The van der Waals surface area contributed by atoms with Crippen molar-refractivity contribution >= 4 is 21.6 Å². The summed E-state index contributed by atoms with van der Waals surface area (Å²) in [5.74, 6) is -0.767. The Bertz CT molecular complexity index is 1180. The van der Waals surface area contributed by atoms with Crippen molar-refractivity contribution in [1.82, 2.24) is 10.2 Å². The van der Waals surface area contributed by atoms with Gasteiger partial charge < -0.3 is 5.32 Å². The second kappa shape index (κ2) is 9.50. The van der Waals surface area contributed by atoms with Crippen LogP contribution in [-0.4, -0.2) is 38.4 Å². The molecule has 32 heavy (non-hydrogen) atoms. The first-order valence-electron chi connectivity index (χ1n) is 10.3. The highest BCUT2D eigenvalue weighted by Crippen LogP contribution is 2.19. The number of carbonyl (C=O) groups excluding carboxylic acids is 1. The maximum absolute atomic E-state index is 13.1. The van der Waals surface area contributed by atoms with Crippen molar-refractivity contribution in [2.45, 2.75) is 23.9 Å². The normalized spacial score (nSPS) is 16.6. The molecule has 1 atom stereocenters. The maximum Gasteiger partial charge on any atom is 0.261 e. The Kier molecular flexibility index (Phi) is 6.53. The molecule has 2 N–H and O–H groups in total. The number of anilines is 1. The summed E-state index contributed by atoms with van der Waals surface area (Å²) in [6.45, 7) is 2.45. The van der Waals surface area contributed by atoms with E-state index in [9.17, 15) is 17.6 Å². The smallest absolute Gasteiger partial charge is 0.261 e. The number of hydrogen-bond donors (Lipinski definition) is 2. The first kappa shape index (κ1) is 22.0. The molecule has 1 unspecified atom stereocenters. The second-order valence-electron chi connectivity index (χ2n) is 7.82. The summed E-state index contributed by atoms with van der Waals surface area (Å²) >= 11 is 0. The minimum absolute atomic E-state index is 0.00353. The predicted molar refractivity (Wildman–Crippen MR) is 121 cm³/mol. The molecule has 1 aliphatic rings. The van der Waals surface area contributed by atoms with Gasteiger partial charge in [-0.3, -0.25) is 14.4 Å². The molecule has 0 bridgehead atoms. The number of hydrogen-bond acceptors (Lipinski definition) is 4. The van der Waals surface area contributed by atoms with Gasteiger partial charge in [0.1, 0.15) is 5.82 Å². The van der Waals surface area contributed by atoms with Crippen LogP contribution in [0, 0.1) is 5.82 Å². The third-order valence-electron chi connectivity index (χ3n) is 5.36. The Morgan fingerprint density at radius 3 is 2.50 bits per heavy atom. The number of nitrogens with one attached hydrogen (secondary N) is 2. The minimum atomic E-state index is -3.91. The number of halogens is 1. The van der Waals surface area contributed by atoms with E-state index in [0.717, 1.165) is 26.1 Å². The average Bonchev–Trinajstić information content (AvgIpc) is 3.22. The molecule has 3 aromatic carbocycles. The van der Waals surface area contributed by atoms with Gasteiger partial charge in [0.25, 0.3) is 15.9 Å². The molecule has 1 amide bonds. The standard InChI is InChI=1S/C24H24FN3O3S/c25-20-9-11-21(12-10-20)27-32(30,31)23-8-4-7-19(15-23)24(29)26-22-13-14-28(17-22)16-18-5-2-1-3-6-18/h1-12,15,22,27H,13-14,16-17H2,(H,26,29). The molecule has 3 aromatic rings. The number of nitrogens with zero attached hydrogens (tertiary/aromatic N) is 1. The fourth-order valence-electron chi connectivity index (χ4n) is 3.74. The number of carbonyl (C=O) groups is 1. The van der Waals surface area contributed by atoms with Crippen LogP contribution in [0.3, 0.4) is 0 Å². The van der Waals surface area contributed by atoms with Crippen LogP contribution in [0.15, 0.2) is 83.8 Å². The number of amides is 1. The number of rotatable bonds is 7. The van der Waals surface area contributed by atoms with Crippen LogP contribution in [0.5, 0.6) is 0 Å². The van der Waals surface area contributed by atoms with Crippen molar-refractivity contribution in [2.24, 2.45) is 0 Å². The molecular formula is C24H24FN3O3S. The minimum Gasteiger partial charge on any atom is -0.348 e. The van der Waals surface area contributed by atoms with Crippen LogP contribution in [0.25, 0.3) is 0 Å². The highest BCUT2D eigenvalue weighted by Gasteiger charge is 2.25. The molecule has 166 valence electrons. The van der Waals surface area contributed by atoms with Crippen LogP contribution in [0.2, 0.25) is 0 Å². The van der Waals surface area contributed by atoms with Crippen LogP contribution < -0.4 is 10.0 Å². The summed E-state index contributed by atoms with van der Waals surface area (Å²) in [7, 11) is -3.91. The van der Waals surface area contributed by atoms with Crippen molar-refractivity contribution in [3.05, 3.63) is 95.8 Å². The molecule has 1 fully saturated rings. The molecule has 0 radical (unpaired) electrons. The lowest BCUT2D eigenvalue weighted by Gasteiger charge is -2.17. The quantitative estimate of drug-likeness (QED) is 0.573. The monoisotopic (exact) mass is 453 g/mol. The Hall–Kier alpha value is -3.23. The maximum atomic E-state index is 13.1. The molecule has 1 saturated heterocycles. The van der Waals surface area contributed by atoms with Gasteiger partial charge in [-0.1, -0.05) is 36.4 Å². The third kappa shape index (κ3) is 5.52. The van der Waals surface area contributed by atoms with Gasteiger partial charge in [-0.2, -0.15) is 0 Å². The first-order chi connectivity index (χ1) is 15.4. The molecular weight excluding hydrogens is 429 g/mol. The number of likely N-dealkylation sites (tertiary alicyclic amines) is 1. The molecule has 0 aliphatic carbocycles. The van der Waals surface area contributed by atoms with Crippen LogP contribution >= 0.6 is 0 Å². The fraction of sp³-hybridized carbons (Fsp3) is 0.208. The van der Waals surface area contributed by atoms with Crippen LogP contribution in [0.1, 0.15) is 22.3 Å². The summed E-state index contributed by atoms with van der Waals surface area (Å²) in [6, 6.07) is 21.1. The van der Waals surface area contributed by atoms with Crippen molar-refractivity contribution in [1.29, 1.82) is 0 Å². The lowest BCUT2D eigenvalue weighted by atomic mass is 10.2. The Balaban J connectivity index is 1.38. The Morgan fingerprint density at radius 1 is 1.00 bits per heavy atom. The van der Waals surface area contributed by atoms with E-state index in [1.807, 2.05) is 18.2 Å². The highest BCUT2D eigenvalue weighted by atomic mass is 32.2. The van der Waals surface area contributed by atoms with E-state index in [1.165, 1.54) is 48.0 Å². The van der Waals surface area contributed by atoms with E-state index in [0.29, 0.717) is 0 Å². The molecule has 0 aromatic heterocycles. The lowest BCUT2D eigenvalue weighted by Crippen LogP contribution is -2.37. The van der Waals surface area contributed by atoms with Gasteiger partial charge in [0.05, 0.1) is 4.90 Å². The van der Waals surface area contributed by atoms with E-state index in [-0.39, 0.29) is 28.1 Å². The van der Waals surface area contributed by atoms with Crippen LogP contribution in [-0.2, 0) is 16.6 Å². The van der Waals surface area contributed by atoms with Gasteiger partial charge in [-0.15, -0.1) is 0 Å². The molecule has 6 nitrogen and oxygen atoms in total. The van der Waals surface area contributed by atoms with Crippen molar-refractivity contribution < 1.29 is 17.6 Å². The molecule has 1 aliphatic heterocycles. The van der Waals surface area contributed by atoms with Crippen molar-refractivity contribution in [3.63, 3.8) is 0 Å². The van der Waals surface area contributed by atoms with E-state index in [2.05, 4.69) is 27.1 Å². The topological polar surface area (TPSA) is 78.5 Å². The molecule has 0 saturated carbocycles. The fourth-order valence-corrected chi connectivity index (χ4v) is 4.84. The van der Waals surface area contributed by atoms with E-state index in [4.69, 9.17) is 0 Å². The number of sulfonamides is 1. The van der Waals surface area contributed by atoms with Gasteiger partial charge in [-0.25, -0.2) is 12.8 Å². The summed E-state index contributed by atoms with van der Waals surface area (Å²) in [4.78, 5) is 15.0. The van der Waals surface area contributed by atoms with Crippen molar-refractivity contribution in [3.8, 4) is 0 Å². The van der Waals surface area contributed by atoms with E-state index < -0.39 is 15.8 Å². The number of benzene rings is 3. The lowest BCUT2D eigenvalue weighted by molar-refractivity contribution is 0.0937. The largest absolute Gasteiger partial charge is 0.348 e. The molecule has 0 spiro atoms. The SMILES string of the molecule is O=C(NC1CCN(Cc2ccccc2)C1)c1cccc(S(=O)(=O)Nc2ccc(F)cc2)c1. The summed E-state index contributed by atoms with van der Waals surface area (Å²) in [5, 5.41) is 3.01. The van der Waals surface area contributed by atoms with E-state index >= 15 is 0 Å². The second-order valence-corrected chi connectivity index (χ2v) is 9.50. The molecule has 4 rings (SSSR count). The average molecular weight is 454 g/mol. The van der Waals surface area contributed by atoms with Gasteiger partial charge in [-0.05, 0) is 54.4 Å². The third-order valence-corrected chi connectivity index (χ3v) is 6.74. The zero-order valence-corrected chi connectivity index (χ0v) is 18.2. The summed E-state index contributed by atoms with van der Waals surface area (Å²) < 4.78 is 40.8. The van der Waals surface area contributed by atoms with Gasteiger partial charge in [0, 0.05) is 36.9 Å². The summed E-state index contributed by atoms with van der Waals surface area (Å²) in [6.07, 6.45) is 0.836. The Morgan fingerprint density at radius 2 is 1.75 bits per heavy atom. The van der Waals surface area contributed by atoms with Crippen LogP contribution in [0.4, 0.5) is 10.1 Å². The zero-order valence-electron chi connectivity index (χ0n) is 17.4. The predicted octanol–water partition coefficient (Wildman–Crippen LogP) is 3.63.